The van der Waals surface area contributed by atoms with Crippen LogP contribution >= 0.6 is 0 Å². The van der Waals surface area contributed by atoms with Gasteiger partial charge in [-0.3, -0.25) is 4.79 Å². The van der Waals surface area contributed by atoms with E-state index in [0.717, 1.165) is 23.9 Å². The molecule has 1 aliphatic heterocycles. The Labute approximate surface area is 123 Å². The van der Waals surface area contributed by atoms with E-state index in [1.807, 2.05) is 18.2 Å². The van der Waals surface area contributed by atoms with E-state index in [1.54, 1.807) is 4.90 Å². The number of benzene rings is 1. The number of aryl methyl sites for hydroxylation is 2. The lowest BCUT2D eigenvalue weighted by Crippen LogP contribution is -2.29. The average molecular weight is 284 g/mol. The predicted octanol–water partition coefficient (Wildman–Crippen LogP) is 2.25. The maximum Gasteiger partial charge on any atom is 0.253 e. The highest BCUT2D eigenvalue weighted by atomic mass is 16.3. The van der Waals surface area contributed by atoms with Crippen LogP contribution in [0, 0.1) is 0 Å². The SMILES string of the molecule is O=C(c1ccc2[nH]c3c(c2c1)CCCC3)N1CC[C@H](O)C1. The third-order valence-electron chi connectivity index (χ3n) is 4.80. The molecule has 1 aliphatic carbocycles. The molecule has 2 N–H and O–H groups in total. The first kappa shape index (κ1) is 12.9. The van der Waals surface area contributed by atoms with E-state index < -0.39 is 0 Å². The van der Waals surface area contributed by atoms with Crippen molar-refractivity contribution in [3.63, 3.8) is 0 Å². The van der Waals surface area contributed by atoms with Crippen molar-refractivity contribution >= 4 is 16.8 Å². The Balaban J connectivity index is 1.71. The van der Waals surface area contributed by atoms with Crippen LogP contribution in [0.5, 0.6) is 0 Å². The summed E-state index contributed by atoms with van der Waals surface area (Å²) in [6.07, 6.45) is 5.03. The van der Waals surface area contributed by atoms with Gasteiger partial charge in [0.05, 0.1) is 6.10 Å². The molecule has 0 radical (unpaired) electrons. The number of nitrogens with one attached hydrogen (secondary N) is 1. The molecule has 1 fully saturated rings. The summed E-state index contributed by atoms with van der Waals surface area (Å²) < 4.78 is 0. The van der Waals surface area contributed by atoms with Crippen molar-refractivity contribution in [2.45, 2.75) is 38.2 Å². The first-order chi connectivity index (χ1) is 10.2. The van der Waals surface area contributed by atoms with E-state index in [-0.39, 0.29) is 12.0 Å². The van der Waals surface area contributed by atoms with Gasteiger partial charge in [0.2, 0.25) is 0 Å². The third-order valence-corrected chi connectivity index (χ3v) is 4.80. The van der Waals surface area contributed by atoms with Crippen LogP contribution < -0.4 is 0 Å². The topological polar surface area (TPSA) is 56.3 Å². The fraction of sp³-hybridized carbons (Fsp3) is 0.471. The summed E-state index contributed by atoms with van der Waals surface area (Å²) >= 11 is 0. The van der Waals surface area contributed by atoms with E-state index in [2.05, 4.69) is 4.98 Å². The van der Waals surface area contributed by atoms with E-state index in [1.165, 1.54) is 29.5 Å². The van der Waals surface area contributed by atoms with E-state index in [4.69, 9.17) is 0 Å². The normalized spacial score (nSPS) is 21.8. The molecule has 2 aliphatic rings. The minimum absolute atomic E-state index is 0.0409. The lowest BCUT2D eigenvalue weighted by atomic mass is 9.95. The molecule has 1 aromatic heterocycles. The molecular weight excluding hydrogens is 264 g/mol. The number of aromatic amines is 1. The van der Waals surface area contributed by atoms with Crippen LogP contribution in [0.1, 0.15) is 40.9 Å². The van der Waals surface area contributed by atoms with E-state index in [0.29, 0.717) is 19.5 Å². The Bertz CT molecular complexity index is 704. The van der Waals surface area contributed by atoms with Gasteiger partial charge in [-0.2, -0.15) is 0 Å². The minimum Gasteiger partial charge on any atom is -0.391 e. The number of aromatic nitrogens is 1. The van der Waals surface area contributed by atoms with Crippen molar-refractivity contribution in [1.82, 2.24) is 9.88 Å². The zero-order valence-electron chi connectivity index (χ0n) is 12.1. The van der Waals surface area contributed by atoms with Crippen molar-refractivity contribution < 1.29 is 9.90 Å². The van der Waals surface area contributed by atoms with Gasteiger partial charge in [-0.15, -0.1) is 0 Å². The highest BCUT2D eigenvalue weighted by molar-refractivity contribution is 5.99. The number of β-amino-alcohol motifs (C(OH)–C–C–N with tert-alkyl or cyclic N) is 1. The number of amides is 1. The van der Waals surface area contributed by atoms with E-state index in [9.17, 15) is 9.90 Å². The highest BCUT2D eigenvalue weighted by Gasteiger charge is 2.26. The zero-order chi connectivity index (χ0) is 14.4. The third kappa shape index (κ3) is 2.14. The highest BCUT2D eigenvalue weighted by Crippen LogP contribution is 2.30. The molecule has 0 bridgehead atoms. The lowest BCUT2D eigenvalue weighted by molar-refractivity contribution is 0.0765. The van der Waals surface area contributed by atoms with Gasteiger partial charge in [0, 0.05) is 35.2 Å². The Hall–Kier alpha value is -1.81. The molecule has 4 nitrogen and oxygen atoms in total. The number of hydrogen-bond acceptors (Lipinski definition) is 2. The van der Waals surface area contributed by atoms with Gasteiger partial charge in [-0.05, 0) is 55.9 Å². The van der Waals surface area contributed by atoms with E-state index >= 15 is 0 Å². The molecule has 1 aromatic carbocycles. The van der Waals surface area contributed by atoms with Gasteiger partial charge in [-0.1, -0.05) is 0 Å². The molecule has 110 valence electrons. The molecule has 1 saturated heterocycles. The summed E-state index contributed by atoms with van der Waals surface area (Å²) in [6, 6.07) is 5.95. The van der Waals surface area contributed by atoms with Crippen LogP contribution in [-0.2, 0) is 12.8 Å². The van der Waals surface area contributed by atoms with Gasteiger partial charge < -0.3 is 15.0 Å². The predicted molar refractivity (Wildman–Crippen MR) is 81.5 cm³/mol. The van der Waals surface area contributed by atoms with Crippen molar-refractivity contribution in [1.29, 1.82) is 0 Å². The monoisotopic (exact) mass is 284 g/mol. The van der Waals surface area contributed by atoms with Gasteiger partial charge in [0.15, 0.2) is 0 Å². The molecular formula is C17H20N2O2. The van der Waals surface area contributed by atoms with Crippen LogP contribution in [0.3, 0.4) is 0 Å². The molecule has 4 rings (SSSR count). The maximum atomic E-state index is 12.5. The summed E-state index contributed by atoms with van der Waals surface area (Å²) in [5.74, 6) is 0.0409. The molecule has 21 heavy (non-hydrogen) atoms. The molecule has 2 aromatic rings. The number of hydrogen-bond donors (Lipinski definition) is 2. The van der Waals surface area contributed by atoms with Crippen LogP contribution in [0.25, 0.3) is 10.9 Å². The maximum absolute atomic E-state index is 12.5. The fourth-order valence-electron chi connectivity index (χ4n) is 3.65. The number of fused-ring (bicyclic) bond motifs is 3. The van der Waals surface area contributed by atoms with Crippen LogP contribution in [0.4, 0.5) is 0 Å². The quantitative estimate of drug-likeness (QED) is 0.844. The van der Waals surface area contributed by atoms with Gasteiger partial charge in [0.25, 0.3) is 5.91 Å². The Morgan fingerprint density at radius 1 is 1.29 bits per heavy atom. The molecule has 0 spiro atoms. The molecule has 2 heterocycles. The number of carbonyl (C=O) groups is 1. The second-order valence-corrected chi connectivity index (χ2v) is 6.24. The van der Waals surface area contributed by atoms with Crippen molar-refractivity contribution in [3.05, 3.63) is 35.0 Å². The number of carbonyl (C=O) groups excluding carboxylic acids is 1. The Kier molecular flexibility index (Phi) is 3.00. The minimum atomic E-state index is -0.363. The summed E-state index contributed by atoms with van der Waals surface area (Å²) in [5.41, 5.74) is 4.62. The van der Waals surface area contributed by atoms with Crippen LogP contribution in [0.15, 0.2) is 18.2 Å². The van der Waals surface area contributed by atoms with Crippen molar-refractivity contribution in [3.8, 4) is 0 Å². The number of likely N-dealkylation sites (tertiary alicyclic amines) is 1. The largest absolute Gasteiger partial charge is 0.391 e. The van der Waals surface area contributed by atoms with Gasteiger partial charge in [-0.25, -0.2) is 0 Å². The second-order valence-electron chi connectivity index (χ2n) is 6.24. The lowest BCUT2D eigenvalue weighted by Gasteiger charge is -2.15. The molecule has 4 heteroatoms. The van der Waals surface area contributed by atoms with Crippen molar-refractivity contribution in [2.75, 3.05) is 13.1 Å². The molecule has 1 amide bonds. The number of rotatable bonds is 1. The first-order valence-corrected chi connectivity index (χ1v) is 7.83. The number of nitrogens with zero attached hydrogens (tertiary/aromatic N) is 1. The average Bonchev–Trinajstić information content (AvgIpc) is 3.09. The summed E-state index contributed by atoms with van der Waals surface area (Å²) in [7, 11) is 0. The Morgan fingerprint density at radius 3 is 2.95 bits per heavy atom. The first-order valence-electron chi connectivity index (χ1n) is 7.83. The standard InChI is InChI=1S/C17H20N2O2/c20-12-7-8-19(10-12)17(21)11-5-6-16-14(9-11)13-3-1-2-4-15(13)18-16/h5-6,9,12,18,20H,1-4,7-8,10H2/t12-/m0/s1. The number of H-pyrrole nitrogens is 1. The summed E-state index contributed by atoms with van der Waals surface area (Å²) in [4.78, 5) is 17.8. The molecule has 1 atom stereocenters. The van der Waals surface area contributed by atoms with Crippen molar-refractivity contribution in [2.24, 2.45) is 0 Å². The smallest absolute Gasteiger partial charge is 0.253 e. The fourth-order valence-corrected chi connectivity index (χ4v) is 3.65. The number of aliphatic hydroxyl groups excluding tert-OH is 1. The molecule has 0 unspecified atom stereocenters. The van der Waals surface area contributed by atoms with Gasteiger partial charge in [0.1, 0.15) is 0 Å². The second kappa shape index (κ2) is 4.88. The summed E-state index contributed by atoms with van der Waals surface area (Å²) in [6.45, 7) is 1.12. The van der Waals surface area contributed by atoms with Crippen LogP contribution in [-0.4, -0.2) is 40.1 Å². The Morgan fingerprint density at radius 2 is 2.14 bits per heavy atom. The van der Waals surface area contributed by atoms with Crippen LogP contribution in [0.2, 0.25) is 0 Å². The number of aliphatic hydroxyl groups is 1. The summed E-state index contributed by atoms with van der Waals surface area (Å²) in [5, 5.41) is 10.8. The zero-order valence-corrected chi connectivity index (χ0v) is 12.1. The van der Waals surface area contributed by atoms with Gasteiger partial charge >= 0.3 is 0 Å². The molecule has 0 saturated carbocycles.